The van der Waals surface area contributed by atoms with Gasteiger partial charge in [-0.1, -0.05) is 31.0 Å². The minimum Gasteiger partial charge on any atom is -0.397 e. The van der Waals surface area contributed by atoms with Gasteiger partial charge in [0.2, 0.25) is 0 Å². The fourth-order valence-corrected chi connectivity index (χ4v) is 1.87. The number of hydrogen-bond acceptors (Lipinski definition) is 3. The summed E-state index contributed by atoms with van der Waals surface area (Å²) in [6.07, 6.45) is 1.59. The van der Waals surface area contributed by atoms with E-state index in [9.17, 15) is 4.79 Å². The van der Waals surface area contributed by atoms with Gasteiger partial charge < -0.3 is 16.2 Å². The Bertz CT molecular complexity index is 410. The molecule has 1 aromatic carbocycles. The van der Waals surface area contributed by atoms with Gasteiger partial charge in [-0.3, -0.25) is 4.79 Å². The number of nitrogens with two attached hydrogens (primary N) is 1. The van der Waals surface area contributed by atoms with Crippen molar-refractivity contribution in [2.75, 3.05) is 18.9 Å². The summed E-state index contributed by atoms with van der Waals surface area (Å²) in [5.41, 5.74) is 6.44. The number of para-hydroxylation sites is 1. The Labute approximate surface area is 112 Å². The van der Waals surface area contributed by atoms with Crippen molar-refractivity contribution in [3.63, 3.8) is 0 Å². The molecule has 1 atom stereocenters. The molecule has 1 unspecified atom stereocenters. The lowest BCUT2D eigenvalue weighted by molar-refractivity contribution is 0.0944. The summed E-state index contributed by atoms with van der Waals surface area (Å²) in [5.74, 6) is 0.0470. The van der Waals surface area contributed by atoms with Crippen LogP contribution in [0.2, 0.25) is 5.02 Å². The second-order valence-corrected chi connectivity index (χ2v) is 4.60. The van der Waals surface area contributed by atoms with Gasteiger partial charge in [0.25, 0.3) is 5.91 Å². The van der Waals surface area contributed by atoms with Crippen LogP contribution in [0.1, 0.15) is 30.1 Å². The third-order valence-electron chi connectivity index (χ3n) is 2.96. The van der Waals surface area contributed by atoms with Crippen LogP contribution in [0.3, 0.4) is 0 Å². The Morgan fingerprint density at radius 1 is 1.56 bits per heavy atom. The highest BCUT2D eigenvalue weighted by Crippen LogP contribution is 2.22. The Morgan fingerprint density at radius 2 is 2.28 bits per heavy atom. The van der Waals surface area contributed by atoms with Gasteiger partial charge in [-0.25, -0.2) is 0 Å². The number of anilines is 1. The van der Waals surface area contributed by atoms with Crippen molar-refractivity contribution in [3.05, 3.63) is 28.8 Å². The summed E-state index contributed by atoms with van der Waals surface area (Å²) in [4.78, 5) is 11.9. The fourth-order valence-electron chi connectivity index (χ4n) is 1.70. The summed E-state index contributed by atoms with van der Waals surface area (Å²) in [5, 5.41) is 12.1. The molecular weight excluding hydrogens is 252 g/mol. The van der Waals surface area contributed by atoms with Gasteiger partial charge in [0.05, 0.1) is 16.3 Å². The second kappa shape index (κ2) is 7.24. The number of rotatable bonds is 6. The number of nitrogen functional groups attached to an aromatic ring is 1. The summed E-state index contributed by atoms with van der Waals surface area (Å²) >= 11 is 5.86. The van der Waals surface area contributed by atoms with Crippen LogP contribution in [0.15, 0.2) is 18.2 Å². The summed E-state index contributed by atoms with van der Waals surface area (Å²) in [6.45, 7) is 2.69. The first-order chi connectivity index (χ1) is 8.60. The van der Waals surface area contributed by atoms with E-state index in [1.54, 1.807) is 18.2 Å². The molecule has 0 radical (unpaired) electrons. The van der Waals surface area contributed by atoms with E-state index in [4.69, 9.17) is 22.4 Å². The normalized spacial score (nSPS) is 12.2. The highest BCUT2D eigenvalue weighted by Gasteiger charge is 2.13. The Kier molecular flexibility index (Phi) is 5.95. The van der Waals surface area contributed by atoms with Crippen LogP contribution >= 0.6 is 11.6 Å². The summed E-state index contributed by atoms with van der Waals surface area (Å²) in [6, 6.07) is 4.98. The molecular formula is C13H19ClN2O2. The lowest BCUT2D eigenvalue weighted by Crippen LogP contribution is -2.30. The monoisotopic (exact) mass is 270 g/mol. The number of amides is 1. The zero-order valence-corrected chi connectivity index (χ0v) is 11.2. The minimum atomic E-state index is -0.230. The molecule has 100 valence electrons. The van der Waals surface area contributed by atoms with Crippen molar-refractivity contribution in [1.82, 2.24) is 5.32 Å². The van der Waals surface area contributed by atoms with Crippen LogP contribution in [0.4, 0.5) is 5.69 Å². The SMILES string of the molecule is CCC(CCO)CNC(=O)c1cccc(Cl)c1N. The van der Waals surface area contributed by atoms with Crippen LogP contribution in [0.5, 0.6) is 0 Å². The van der Waals surface area contributed by atoms with Crippen LogP contribution in [0.25, 0.3) is 0 Å². The summed E-state index contributed by atoms with van der Waals surface area (Å²) in [7, 11) is 0. The van der Waals surface area contributed by atoms with Gasteiger partial charge in [-0.05, 0) is 24.5 Å². The van der Waals surface area contributed by atoms with Crippen molar-refractivity contribution in [2.45, 2.75) is 19.8 Å². The van der Waals surface area contributed by atoms with Crippen LogP contribution in [0, 0.1) is 5.92 Å². The highest BCUT2D eigenvalue weighted by molar-refractivity contribution is 6.33. The third kappa shape index (κ3) is 3.89. The van der Waals surface area contributed by atoms with Crippen molar-refractivity contribution in [1.29, 1.82) is 0 Å². The number of carbonyl (C=O) groups is 1. The van der Waals surface area contributed by atoms with Gasteiger partial charge in [0, 0.05) is 13.2 Å². The van der Waals surface area contributed by atoms with E-state index in [1.165, 1.54) is 0 Å². The maximum absolute atomic E-state index is 11.9. The van der Waals surface area contributed by atoms with Crippen molar-refractivity contribution >= 4 is 23.2 Å². The molecule has 1 amide bonds. The average Bonchev–Trinajstić information content (AvgIpc) is 2.37. The third-order valence-corrected chi connectivity index (χ3v) is 3.29. The molecule has 0 spiro atoms. The van der Waals surface area contributed by atoms with Gasteiger partial charge in [0.15, 0.2) is 0 Å². The topological polar surface area (TPSA) is 75.3 Å². The molecule has 0 saturated heterocycles. The molecule has 0 bridgehead atoms. The highest BCUT2D eigenvalue weighted by atomic mass is 35.5. The number of aliphatic hydroxyl groups is 1. The number of aliphatic hydroxyl groups excluding tert-OH is 1. The lowest BCUT2D eigenvalue weighted by atomic mass is 10.0. The van der Waals surface area contributed by atoms with Gasteiger partial charge in [0.1, 0.15) is 0 Å². The van der Waals surface area contributed by atoms with E-state index >= 15 is 0 Å². The molecule has 4 nitrogen and oxygen atoms in total. The molecule has 0 aliphatic heterocycles. The first kappa shape index (κ1) is 14.8. The molecule has 5 heteroatoms. The zero-order valence-electron chi connectivity index (χ0n) is 10.4. The molecule has 0 heterocycles. The van der Waals surface area contributed by atoms with E-state index < -0.39 is 0 Å². The molecule has 18 heavy (non-hydrogen) atoms. The fraction of sp³-hybridized carbons (Fsp3) is 0.462. The van der Waals surface area contributed by atoms with E-state index in [-0.39, 0.29) is 18.4 Å². The van der Waals surface area contributed by atoms with Gasteiger partial charge in [-0.2, -0.15) is 0 Å². The molecule has 0 aliphatic rings. The lowest BCUT2D eigenvalue weighted by Gasteiger charge is -2.15. The standard InChI is InChI=1S/C13H19ClN2O2/c1-2-9(6-7-17)8-16-13(18)10-4-3-5-11(14)12(10)15/h3-5,9,17H,2,6-8,15H2,1H3,(H,16,18). The van der Waals surface area contributed by atoms with Crippen LogP contribution < -0.4 is 11.1 Å². The first-order valence-corrected chi connectivity index (χ1v) is 6.41. The maximum Gasteiger partial charge on any atom is 0.253 e. The molecule has 1 rings (SSSR count). The van der Waals surface area contributed by atoms with Crippen LogP contribution in [-0.2, 0) is 0 Å². The van der Waals surface area contributed by atoms with Gasteiger partial charge in [-0.15, -0.1) is 0 Å². The number of halogens is 1. The van der Waals surface area contributed by atoms with E-state index in [1.807, 2.05) is 6.92 Å². The predicted octanol–water partition coefficient (Wildman–Crippen LogP) is 2.06. The van der Waals surface area contributed by atoms with E-state index in [0.717, 1.165) is 6.42 Å². The maximum atomic E-state index is 11.9. The molecule has 0 fully saturated rings. The second-order valence-electron chi connectivity index (χ2n) is 4.20. The molecule has 1 aromatic rings. The Morgan fingerprint density at radius 3 is 2.89 bits per heavy atom. The van der Waals surface area contributed by atoms with Gasteiger partial charge >= 0.3 is 0 Å². The first-order valence-electron chi connectivity index (χ1n) is 6.03. The molecule has 0 aliphatic carbocycles. The quantitative estimate of drug-likeness (QED) is 0.693. The minimum absolute atomic E-state index is 0.133. The number of carbonyl (C=O) groups excluding carboxylic acids is 1. The largest absolute Gasteiger partial charge is 0.397 e. The number of hydrogen-bond donors (Lipinski definition) is 3. The van der Waals surface area contributed by atoms with Crippen molar-refractivity contribution in [2.24, 2.45) is 5.92 Å². The van der Waals surface area contributed by atoms with Crippen molar-refractivity contribution < 1.29 is 9.90 Å². The predicted molar refractivity (Wildman–Crippen MR) is 73.7 cm³/mol. The van der Waals surface area contributed by atoms with E-state index in [2.05, 4.69) is 5.32 Å². The Balaban J connectivity index is 2.62. The molecule has 0 saturated carbocycles. The smallest absolute Gasteiger partial charge is 0.253 e. The molecule has 0 aromatic heterocycles. The van der Waals surface area contributed by atoms with Crippen LogP contribution in [-0.4, -0.2) is 24.2 Å². The number of benzene rings is 1. The number of nitrogens with one attached hydrogen (secondary N) is 1. The van der Waals surface area contributed by atoms with Crippen molar-refractivity contribution in [3.8, 4) is 0 Å². The molecule has 4 N–H and O–H groups in total. The average molecular weight is 271 g/mol. The van der Waals surface area contributed by atoms with E-state index in [0.29, 0.717) is 29.2 Å². The zero-order chi connectivity index (χ0) is 13.5. The Hall–Kier alpha value is -1.26. The summed E-state index contributed by atoms with van der Waals surface area (Å²) < 4.78 is 0.